The Morgan fingerprint density at radius 1 is 1.50 bits per heavy atom. The van der Waals surface area contributed by atoms with Crippen molar-refractivity contribution in [3.63, 3.8) is 0 Å². The summed E-state index contributed by atoms with van der Waals surface area (Å²) in [7, 11) is 3.78. The molecular weight excluding hydrogens is 322 g/mol. The third-order valence-corrected chi connectivity index (χ3v) is 5.51. The summed E-state index contributed by atoms with van der Waals surface area (Å²) in [5.74, 6) is 1.84. The number of thiazole rings is 1. The van der Waals surface area contributed by atoms with E-state index < -0.39 is 0 Å². The lowest BCUT2D eigenvalue weighted by atomic mass is 10.1. The molecule has 7 heteroatoms. The van der Waals surface area contributed by atoms with E-state index in [0.717, 1.165) is 29.4 Å². The lowest BCUT2D eigenvalue weighted by molar-refractivity contribution is 0.199. The molecule has 2 heterocycles. The van der Waals surface area contributed by atoms with Crippen LogP contribution in [0, 0.1) is 5.92 Å². The maximum atomic E-state index is 12.6. The van der Waals surface area contributed by atoms with Crippen LogP contribution in [0.3, 0.4) is 0 Å². The molecule has 1 fully saturated rings. The standard InChI is InChI=1S/C17H25N5OS/c1-11(2)16-19-13(10-24-16)9-22(4)17(23)20-14(12-5-6-12)15-18-7-8-21(15)3/h7-8,10-12,14H,5-6,9H2,1-4H3,(H,20,23). The molecule has 2 aromatic heterocycles. The number of aromatic nitrogens is 3. The first kappa shape index (κ1) is 17.0. The number of nitrogens with zero attached hydrogens (tertiary/aromatic N) is 4. The topological polar surface area (TPSA) is 63.1 Å². The van der Waals surface area contributed by atoms with Gasteiger partial charge in [0.2, 0.25) is 0 Å². The summed E-state index contributed by atoms with van der Waals surface area (Å²) < 4.78 is 1.98. The second-order valence-corrected chi connectivity index (χ2v) is 7.74. The highest BCUT2D eigenvalue weighted by molar-refractivity contribution is 7.09. The molecule has 1 saturated carbocycles. The van der Waals surface area contributed by atoms with Gasteiger partial charge in [-0.15, -0.1) is 11.3 Å². The molecule has 130 valence electrons. The highest BCUT2D eigenvalue weighted by Crippen LogP contribution is 2.40. The summed E-state index contributed by atoms with van der Waals surface area (Å²) >= 11 is 1.66. The van der Waals surface area contributed by atoms with Crippen LogP contribution >= 0.6 is 11.3 Å². The van der Waals surface area contributed by atoms with E-state index in [4.69, 9.17) is 0 Å². The molecule has 1 aliphatic rings. The number of nitrogens with one attached hydrogen (secondary N) is 1. The molecule has 1 atom stereocenters. The molecule has 1 unspecified atom stereocenters. The van der Waals surface area contributed by atoms with Gasteiger partial charge in [0, 0.05) is 37.8 Å². The van der Waals surface area contributed by atoms with Crippen LogP contribution in [-0.4, -0.2) is 32.5 Å². The number of aryl methyl sites for hydroxylation is 1. The van der Waals surface area contributed by atoms with Crippen LogP contribution in [0.5, 0.6) is 0 Å². The van der Waals surface area contributed by atoms with Gasteiger partial charge in [0.05, 0.1) is 23.3 Å². The van der Waals surface area contributed by atoms with Gasteiger partial charge in [0.25, 0.3) is 0 Å². The molecule has 1 aliphatic carbocycles. The van der Waals surface area contributed by atoms with Crippen molar-refractivity contribution in [2.24, 2.45) is 13.0 Å². The number of amides is 2. The summed E-state index contributed by atoms with van der Waals surface area (Å²) in [6.45, 7) is 4.78. The Morgan fingerprint density at radius 3 is 2.79 bits per heavy atom. The summed E-state index contributed by atoms with van der Waals surface area (Å²) in [6.07, 6.45) is 5.99. The first-order valence-electron chi connectivity index (χ1n) is 8.39. The number of carbonyl (C=O) groups is 1. The third-order valence-electron chi connectivity index (χ3n) is 4.32. The molecule has 0 aliphatic heterocycles. The minimum Gasteiger partial charge on any atom is -0.336 e. The van der Waals surface area contributed by atoms with Crippen LogP contribution in [0.2, 0.25) is 0 Å². The summed E-state index contributed by atoms with van der Waals surface area (Å²) in [6, 6.07) is -0.0874. The van der Waals surface area contributed by atoms with Crippen molar-refractivity contribution in [1.29, 1.82) is 0 Å². The molecule has 1 N–H and O–H groups in total. The van der Waals surface area contributed by atoms with E-state index in [0.29, 0.717) is 18.4 Å². The van der Waals surface area contributed by atoms with Crippen molar-refractivity contribution < 1.29 is 4.79 Å². The highest BCUT2D eigenvalue weighted by Gasteiger charge is 2.36. The molecule has 0 spiro atoms. The van der Waals surface area contributed by atoms with Gasteiger partial charge in [0.1, 0.15) is 5.82 Å². The zero-order valence-electron chi connectivity index (χ0n) is 14.7. The lowest BCUT2D eigenvalue weighted by Crippen LogP contribution is -2.40. The summed E-state index contributed by atoms with van der Waals surface area (Å²) in [4.78, 5) is 23.3. The Hall–Kier alpha value is -1.89. The van der Waals surface area contributed by atoms with E-state index in [9.17, 15) is 4.79 Å². The number of imidazole rings is 1. The van der Waals surface area contributed by atoms with E-state index >= 15 is 0 Å². The summed E-state index contributed by atoms with van der Waals surface area (Å²) in [5.41, 5.74) is 0.946. The van der Waals surface area contributed by atoms with Crippen molar-refractivity contribution in [3.05, 3.63) is 34.3 Å². The predicted octanol–water partition coefficient (Wildman–Crippen LogP) is 3.29. The van der Waals surface area contributed by atoms with Crippen molar-refractivity contribution >= 4 is 17.4 Å². The fourth-order valence-corrected chi connectivity index (χ4v) is 3.54. The SMILES string of the molecule is CC(C)c1nc(CN(C)C(=O)NC(c2nccn2C)C2CC2)cs1. The molecule has 0 saturated heterocycles. The minimum absolute atomic E-state index is 0.0124. The Kier molecular flexibility index (Phi) is 4.89. The molecule has 24 heavy (non-hydrogen) atoms. The highest BCUT2D eigenvalue weighted by atomic mass is 32.1. The van der Waals surface area contributed by atoms with Gasteiger partial charge in [-0.3, -0.25) is 0 Å². The second kappa shape index (κ2) is 6.93. The van der Waals surface area contributed by atoms with Crippen LogP contribution in [0.4, 0.5) is 4.79 Å². The Labute approximate surface area is 146 Å². The van der Waals surface area contributed by atoms with E-state index in [-0.39, 0.29) is 12.1 Å². The fraction of sp³-hybridized carbons (Fsp3) is 0.588. The largest absolute Gasteiger partial charge is 0.336 e. The van der Waals surface area contributed by atoms with Crippen molar-refractivity contribution in [2.45, 2.75) is 45.2 Å². The van der Waals surface area contributed by atoms with Crippen LogP contribution in [0.1, 0.15) is 55.2 Å². The van der Waals surface area contributed by atoms with Crippen molar-refractivity contribution in [2.75, 3.05) is 7.05 Å². The first-order chi connectivity index (χ1) is 11.5. The summed E-state index contributed by atoms with van der Waals surface area (Å²) in [5, 5.41) is 6.30. The fourth-order valence-electron chi connectivity index (χ4n) is 2.72. The first-order valence-corrected chi connectivity index (χ1v) is 9.26. The molecular formula is C17H25N5OS. The van der Waals surface area contributed by atoms with Gasteiger partial charge in [-0.05, 0) is 18.8 Å². The van der Waals surface area contributed by atoms with Crippen molar-refractivity contribution in [1.82, 2.24) is 24.8 Å². The molecule has 2 aromatic rings. The molecule has 0 aromatic carbocycles. The number of rotatable bonds is 6. The van der Waals surface area contributed by atoms with Crippen LogP contribution in [0.25, 0.3) is 0 Å². The zero-order valence-corrected chi connectivity index (χ0v) is 15.5. The average Bonchev–Trinajstić information content (AvgIpc) is 3.12. The van der Waals surface area contributed by atoms with Gasteiger partial charge >= 0.3 is 6.03 Å². The second-order valence-electron chi connectivity index (χ2n) is 6.85. The molecule has 2 amide bonds. The Morgan fingerprint density at radius 2 is 2.25 bits per heavy atom. The van der Waals surface area contributed by atoms with E-state index in [1.165, 1.54) is 0 Å². The monoisotopic (exact) mass is 347 g/mol. The zero-order chi connectivity index (χ0) is 17.3. The molecule has 3 rings (SSSR count). The average molecular weight is 347 g/mol. The Balaban J connectivity index is 1.63. The number of hydrogen-bond acceptors (Lipinski definition) is 4. The van der Waals surface area contributed by atoms with Crippen molar-refractivity contribution in [3.8, 4) is 0 Å². The third kappa shape index (κ3) is 3.77. The lowest BCUT2D eigenvalue weighted by Gasteiger charge is -2.23. The van der Waals surface area contributed by atoms with Crippen LogP contribution < -0.4 is 5.32 Å². The van der Waals surface area contributed by atoms with Gasteiger partial charge in [-0.2, -0.15) is 0 Å². The van der Waals surface area contributed by atoms with E-state index in [1.54, 1.807) is 22.4 Å². The minimum atomic E-state index is -0.0750. The Bertz CT molecular complexity index is 703. The van der Waals surface area contributed by atoms with Gasteiger partial charge < -0.3 is 14.8 Å². The van der Waals surface area contributed by atoms with E-state index in [2.05, 4.69) is 29.1 Å². The quantitative estimate of drug-likeness (QED) is 0.872. The smallest absolute Gasteiger partial charge is 0.318 e. The van der Waals surface area contributed by atoms with Gasteiger partial charge in [-0.1, -0.05) is 13.8 Å². The normalized spacial score (nSPS) is 15.5. The molecule has 0 bridgehead atoms. The maximum Gasteiger partial charge on any atom is 0.318 e. The number of hydrogen-bond donors (Lipinski definition) is 1. The van der Waals surface area contributed by atoms with Crippen LogP contribution in [-0.2, 0) is 13.6 Å². The molecule has 6 nitrogen and oxygen atoms in total. The van der Waals surface area contributed by atoms with Gasteiger partial charge in [0.15, 0.2) is 0 Å². The molecule has 0 radical (unpaired) electrons. The number of carbonyl (C=O) groups excluding carboxylic acids is 1. The predicted molar refractivity (Wildman–Crippen MR) is 94.9 cm³/mol. The van der Waals surface area contributed by atoms with E-state index in [1.807, 2.05) is 30.2 Å². The number of urea groups is 1. The van der Waals surface area contributed by atoms with Crippen LogP contribution in [0.15, 0.2) is 17.8 Å². The van der Waals surface area contributed by atoms with Gasteiger partial charge in [-0.25, -0.2) is 14.8 Å². The maximum absolute atomic E-state index is 12.6.